The van der Waals surface area contributed by atoms with Gasteiger partial charge in [0.1, 0.15) is 0 Å². The summed E-state index contributed by atoms with van der Waals surface area (Å²) in [6.45, 7) is 0. The summed E-state index contributed by atoms with van der Waals surface area (Å²) in [5.41, 5.74) is 4.71. The Labute approximate surface area is 180 Å². The molecule has 5 heteroatoms. The lowest BCUT2D eigenvalue weighted by atomic mass is 9.68. The predicted octanol–water partition coefficient (Wildman–Crippen LogP) is 4.79. The third kappa shape index (κ3) is 3.12. The summed E-state index contributed by atoms with van der Waals surface area (Å²) < 4.78 is 1.65. The maximum atomic E-state index is 13.5. The van der Waals surface area contributed by atoms with Crippen LogP contribution in [0.3, 0.4) is 0 Å². The molecule has 2 aromatic carbocycles. The number of carbonyl (C=O) groups excluding carboxylic acids is 1. The molecule has 0 atom stereocenters. The Kier molecular flexibility index (Phi) is 4.86. The number of ketones is 1. The van der Waals surface area contributed by atoms with Crippen LogP contribution in [-0.4, -0.2) is 21.1 Å². The van der Waals surface area contributed by atoms with Gasteiger partial charge in [0.15, 0.2) is 10.9 Å². The van der Waals surface area contributed by atoms with Crippen LogP contribution >= 0.6 is 11.8 Å². The topological polar surface area (TPSA) is 52.0 Å². The summed E-state index contributed by atoms with van der Waals surface area (Å²) in [6.07, 6.45) is 5.33. The van der Waals surface area contributed by atoms with E-state index in [9.17, 15) is 9.59 Å². The fourth-order valence-electron chi connectivity index (χ4n) is 5.06. The summed E-state index contributed by atoms with van der Waals surface area (Å²) in [4.78, 5) is 31.1. The van der Waals surface area contributed by atoms with Crippen molar-refractivity contribution in [3.05, 3.63) is 81.6 Å². The normalized spacial score (nSPS) is 16.3. The molecule has 1 heterocycles. The highest BCUT2D eigenvalue weighted by Crippen LogP contribution is 2.49. The summed E-state index contributed by atoms with van der Waals surface area (Å²) >= 11 is 1.34. The van der Waals surface area contributed by atoms with Crippen LogP contribution in [0.2, 0.25) is 0 Å². The van der Waals surface area contributed by atoms with E-state index in [1.54, 1.807) is 11.6 Å². The molecule has 1 saturated carbocycles. The molecule has 30 heavy (non-hydrogen) atoms. The number of aromatic nitrogens is 2. The lowest BCUT2D eigenvalue weighted by Crippen LogP contribution is -2.39. The van der Waals surface area contributed by atoms with E-state index in [2.05, 4.69) is 18.2 Å². The number of hydrogen-bond acceptors (Lipinski definition) is 4. The molecule has 2 aliphatic carbocycles. The molecule has 0 radical (unpaired) electrons. The van der Waals surface area contributed by atoms with Crippen LogP contribution in [0.1, 0.15) is 47.2 Å². The maximum Gasteiger partial charge on any atom is 0.258 e. The van der Waals surface area contributed by atoms with Gasteiger partial charge in [0, 0.05) is 23.6 Å². The van der Waals surface area contributed by atoms with E-state index in [4.69, 9.17) is 4.98 Å². The molecule has 0 unspecified atom stereocenters. The van der Waals surface area contributed by atoms with Crippen LogP contribution in [0, 0.1) is 0 Å². The SMILES string of the molecule is Cn1c(SCC(=O)c2ccccc2)nc2c(c1=O)C1(CCCC1)Cc1ccccc1-2. The summed E-state index contributed by atoms with van der Waals surface area (Å²) in [5, 5.41) is 0.605. The van der Waals surface area contributed by atoms with E-state index in [0.29, 0.717) is 10.7 Å². The van der Waals surface area contributed by atoms with Gasteiger partial charge in [-0.2, -0.15) is 0 Å². The van der Waals surface area contributed by atoms with Gasteiger partial charge in [0.2, 0.25) is 0 Å². The van der Waals surface area contributed by atoms with Crippen molar-refractivity contribution < 1.29 is 4.79 Å². The van der Waals surface area contributed by atoms with E-state index < -0.39 is 0 Å². The molecule has 1 aromatic heterocycles. The molecule has 5 rings (SSSR count). The first-order valence-electron chi connectivity index (χ1n) is 10.5. The molecule has 0 amide bonds. The van der Waals surface area contributed by atoms with Gasteiger partial charge in [-0.3, -0.25) is 14.2 Å². The number of carbonyl (C=O) groups is 1. The van der Waals surface area contributed by atoms with Crippen LogP contribution in [0.15, 0.2) is 64.5 Å². The van der Waals surface area contributed by atoms with Gasteiger partial charge in [-0.15, -0.1) is 0 Å². The molecule has 0 aliphatic heterocycles. The molecule has 0 N–H and O–H groups in total. The van der Waals surface area contributed by atoms with Crippen LogP contribution in [0.25, 0.3) is 11.3 Å². The first-order chi connectivity index (χ1) is 14.6. The van der Waals surface area contributed by atoms with Crippen molar-refractivity contribution in [3.8, 4) is 11.3 Å². The zero-order valence-electron chi connectivity index (χ0n) is 17.1. The second-order valence-electron chi connectivity index (χ2n) is 8.38. The quantitative estimate of drug-likeness (QED) is 0.349. The Bertz CT molecular complexity index is 1180. The third-order valence-corrected chi connectivity index (χ3v) is 7.60. The second kappa shape index (κ2) is 7.55. The van der Waals surface area contributed by atoms with Crippen molar-refractivity contribution in [2.24, 2.45) is 7.05 Å². The predicted molar refractivity (Wildman–Crippen MR) is 120 cm³/mol. The minimum absolute atomic E-state index is 0.0419. The average Bonchev–Trinajstić information content (AvgIpc) is 3.23. The van der Waals surface area contributed by atoms with Crippen molar-refractivity contribution in [1.29, 1.82) is 0 Å². The molecule has 2 aliphatic rings. The number of benzene rings is 2. The van der Waals surface area contributed by atoms with Gasteiger partial charge in [-0.05, 0) is 24.8 Å². The summed E-state index contributed by atoms with van der Waals surface area (Å²) in [5.74, 6) is 0.302. The molecule has 1 fully saturated rings. The molecule has 152 valence electrons. The smallest absolute Gasteiger partial charge is 0.258 e. The Balaban J connectivity index is 1.57. The standard InChI is InChI=1S/C25H24N2O2S/c1-27-23(29)21-22(26-24(27)30-16-20(28)17-9-3-2-4-10-17)19-12-6-5-11-18(19)15-25(21)13-7-8-14-25/h2-6,9-12H,7-8,13-16H2,1H3. The van der Waals surface area contributed by atoms with Crippen LogP contribution in [0.4, 0.5) is 0 Å². The summed E-state index contributed by atoms with van der Waals surface area (Å²) in [7, 11) is 1.79. The largest absolute Gasteiger partial charge is 0.293 e. The van der Waals surface area contributed by atoms with E-state index >= 15 is 0 Å². The highest BCUT2D eigenvalue weighted by atomic mass is 32.2. The highest BCUT2D eigenvalue weighted by molar-refractivity contribution is 7.99. The van der Waals surface area contributed by atoms with Crippen molar-refractivity contribution in [2.45, 2.75) is 42.7 Å². The van der Waals surface area contributed by atoms with Crippen molar-refractivity contribution in [1.82, 2.24) is 9.55 Å². The second-order valence-corrected chi connectivity index (χ2v) is 9.32. The van der Waals surface area contributed by atoms with E-state index in [1.165, 1.54) is 17.3 Å². The Hall–Kier alpha value is -2.66. The van der Waals surface area contributed by atoms with Crippen LogP contribution < -0.4 is 5.56 Å². The number of Topliss-reactive ketones (excluding diaryl/α,β-unsaturated/α-hetero) is 1. The molecule has 4 nitrogen and oxygen atoms in total. The Morgan fingerprint density at radius 2 is 1.77 bits per heavy atom. The minimum atomic E-state index is -0.0887. The molecule has 3 aromatic rings. The van der Waals surface area contributed by atoms with Gasteiger partial charge in [-0.1, -0.05) is 79.2 Å². The van der Waals surface area contributed by atoms with Crippen LogP contribution in [0.5, 0.6) is 0 Å². The minimum Gasteiger partial charge on any atom is -0.293 e. The van der Waals surface area contributed by atoms with Crippen molar-refractivity contribution in [2.75, 3.05) is 5.75 Å². The third-order valence-electron chi connectivity index (χ3n) is 6.57. The molecule has 1 spiro atoms. The number of fused-ring (bicyclic) bond motifs is 4. The fourth-order valence-corrected chi connectivity index (χ4v) is 5.92. The van der Waals surface area contributed by atoms with Crippen LogP contribution in [-0.2, 0) is 18.9 Å². The van der Waals surface area contributed by atoms with Gasteiger partial charge in [-0.25, -0.2) is 4.98 Å². The Morgan fingerprint density at radius 3 is 2.53 bits per heavy atom. The lowest BCUT2D eigenvalue weighted by molar-refractivity contribution is 0.102. The van der Waals surface area contributed by atoms with E-state index in [0.717, 1.165) is 48.9 Å². The lowest BCUT2D eigenvalue weighted by Gasteiger charge is -2.36. The van der Waals surface area contributed by atoms with Gasteiger partial charge in [0.05, 0.1) is 17.0 Å². The average molecular weight is 417 g/mol. The first-order valence-corrected chi connectivity index (χ1v) is 11.5. The fraction of sp³-hybridized carbons (Fsp3) is 0.320. The van der Waals surface area contributed by atoms with E-state index in [-0.39, 0.29) is 22.5 Å². The molecular weight excluding hydrogens is 392 g/mol. The van der Waals surface area contributed by atoms with Gasteiger partial charge < -0.3 is 0 Å². The highest BCUT2D eigenvalue weighted by Gasteiger charge is 2.44. The van der Waals surface area contributed by atoms with Crippen molar-refractivity contribution in [3.63, 3.8) is 0 Å². The summed E-state index contributed by atoms with van der Waals surface area (Å²) in [6, 6.07) is 17.6. The number of nitrogens with zero attached hydrogens (tertiary/aromatic N) is 2. The number of hydrogen-bond donors (Lipinski definition) is 0. The number of rotatable bonds is 4. The maximum absolute atomic E-state index is 13.5. The molecule has 0 bridgehead atoms. The molecule has 0 saturated heterocycles. The van der Waals surface area contributed by atoms with Gasteiger partial charge >= 0.3 is 0 Å². The zero-order chi connectivity index (χ0) is 20.7. The van der Waals surface area contributed by atoms with Crippen molar-refractivity contribution >= 4 is 17.5 Å². The Morgan fingerprint density at radius 1 is 1.07 bits per heavy atom. The zero-order valence-corrected chi connectivity index (χ0v) is 17.9. The first kappa shape index (κ1) is 19.3. The number of thioether (sulfide) groups is 1. The molecular formula is C25H24N2O2S. The van der Waals surface area contributed by atoms with Gasteiger partial charge in [0.25, 0.3) is 5.56 Å². The monoisotopic (exact) mass is 416 g/mol. The van der Waals surface area contributed by atoms with E-state index in [1.807, 2.05) is 36.4 Å².